The summed E-state index contributed by atoms with van der Waals surface area (Å²) in [6.45, 7) is 0. The molecule has 0 atom stereocenters. The molecule has 0 saturated heterocycles. The van der Waals surface area contributed by atoms with Crippen LogP contribution in [-0.2, 0) is 16.3 Å². The third kappa shape index (κ3) is 3.02. The highest BCUT2D eigenvalue weighted by molar-refractivity contribution is 7.87. The first-order valence-corrected chi connectivity index (χ1v) is 7.09. The fourth-order valence-electron chi connectivity index (χ4n) is 1.18. The van der Waals surface area contributed by atoms with Crippen LogP contribution in [0.25, 0.3) is 11.0 Å². The molecule has 116 valence electrons. The molecule has 2 aromatic heterocycles. The fraction of sp³-hybridized carbons (Fsp3) is 0.250. The number of aromatic nitrogens is 2. The van der Waals surface area contributed by atoms with Crippen LogP contribution < -0.4 is 4.18 Å². The van der Waals surface area contributed by atoms with Crippen molar-refractivity contribution in [2.45, 2.75) is 11.7 Å². The van der Waals surface area contributed by atoms with Gasteiger partial charge in [-0.15, -0.1) is 11.3 Å². The third-order valence-electron chi connectivity index (χ3n) is 2.02. The Kier molecular flexibility index (Phi) is 3.52. The number of fused-ring (bicyclic) bond motifs is 1. The lowest BCUT2D eigenvalue weighted by atomic mass is 10.4. The number of rotatable bonds is 2. The minimum atomic E-state index is -6.28. The normalized spacial score (nSPS) is 13.6. The Labute approximate surface area is 116 Å². The average Bonchev–Trinajstić information content (AvgIpc) is 2.71. The SMILES string of the molecule is O=S(=O)(Oc1nc2cscc2nc1C(F)(F)F)C(F)(F)F. The van der Waals surface area contributed by atoms with Gasteiger partial charge in [0, 0.05) is 10.8 Å². The molecular weight excluding hydrogens is 350 g/mol. The summed E-state index contributed by atoms with van der Waals surface area (Å²) < 4.78 is 99.6. The first kappa shape index (κ1) is 15.8. The van der Waals surface area contributed by atoms with Crippen molar-refractivity contribution in [1.29, 1.82) is 0 Å². The summed E-state index contributed by atoms with van der Waals surface area (Å²) in [7, 11) is -6.28. The van der Waals surface area contributed by atoms with Gasteiger partial charge in [-0.25, -0.2) is 9.97 Å². The standard InChI is InChI=1S/C8H2F6N2O3S2/c9-7(10,11)5-6(19-21(17,18)8(12,13)14)16-4-2-20-1-3(4)15-5/h1-2H. The van der Waals surface area contributed by atoms with Gasteiger partial charge in [0.1, 0.15) is 11.0 Å². The Bertz CT molecular complexity index is 779. The highest BCUT2D eigenvalue weighted by Crippen LogP contribution is 2.37. The molecule has 0 aliphatic carbocycles. The van der Waals surface area contributed by atoms with Crippen LogP contribution in [0.5, 0.6) is 5.88 Å². The lowest BCUT2D eigenvalue weighted by molar-refractivity contribution is -0.142. The molecule has 0 unspecified atom stereocenters. The summed E-state index contributed by atoms with van der Waals surface area (Å²) in [6, 6.07) is 0. The summed E-state index contributed by atoms with van der Waals surface area (Å²) in [6.07, 6.45) is -5.24. The largest absolute Gasteiger partial charge is 0.534 e. The van der Waals surface area contributed by atoms with Crippen molar-refractivity contribution in [3.63, 3.8) is 0 Å². The summed E-state index contributed by atoms with van der Waals surface area (Å²) in [5.41, 5.74) is -8.31. The Morgan fingerprint density at radius 2 is 1.52 bits per heavy atom. The Hall–Kier alpha value is -1.63. The van der Waals surface area contributed by atoms with Crippen LogP contribution in [0, 0.1) is 0 Å². The molecule has 21 heavy (non-hydrogen) atoms. The van der Waals surface area contributed by atoms with Gasteiger partial charge in [0.25, 0.3) is 5.88 Å². The van der Waals surface area contributed by atoms with E-state index in [-0.39, 0.29) is 11.0 Å². The molecule has 0 radical (unpaired) electrons. The molecule has 0 aliphatic heterocycles. The van der Waals surface area contributed by atoms with Crippen LogP contribution in [0.15, 0.2) is 10.8 Å². The summed E-state index contributed by atoms with van der Waals surface area (Å²) in [5, 5.41) is 2.34. The maximum atomic E-state index is 12.7. The molecular formula is C8H2F6N2O3S2. The maximum absolute atomic E-state index is 12.7. The predicted molar refractivity (Wildman–Crippen MR) is 58.0 cm³/mol. The van der Waals surface area contributed by atoms with Crippen molar-refractivity contribution in [2.24, 2.45) is 0 Å². The molecule has 0 aliphatic rings. The van der Waals surface area contributed by atoms with E-state index in [1.54, 1.807) is 0 Å². The monoisotopic (exact) mass is 352 g/mol. The van der Waals surface area contributed by atoms with Gasteiger partial charge in [0.15, 0.2) is 0 Å². The molecule has 13 heteroatoms. The van der Waals surface area contributed by atoms with Crippen molar-refractivity contribution >= 4 is 32.5 Å². The van der Waals surface area contributed by atoms with Gasteiger partial charge in [0.2, 0.25) is 5.69 Å². The van der Waals surface area contributed by atoms with E-state index in [0.29, 0.717) is 0 Å². The Morgan fingerprint density at radius 3 is 2.00 bits per heavy atom. The van der Waals surface area contributed by atoms with E-state index < -0.39 is 33.4 Å². The summed E-state index contributed by atoms with van der Waals surface area (Å²) in [5.74, 6) is -1.77. The molecule has 0 aromatic carbocycles. The van der Waals surface area contributed by atoms with Crippen molar-refractivity contribution in [1.82, 2.24) is 9.97 Å². The minimum Gasteiger partial charge on any atom is -0.353 e. The second-order valence-electron chi connectivity index (χ2n) is 3.50. The van der Waals surface area contributed by atoms with E-state index in [4.69, 9.17) is 0 Å². The fourth-order valence-corrected chi connectivity index (χ4v) is 2.27. The summed E-state index contributed by atoms with van der Waals surface area (Å²) >= 11 is 0.885. The molecule has 0 fully saturated rings. The molecule has 0 saturated carbocycles. The molecule has 2 heterocycles. The van der Waals surface area contributed by atoms with Gasteiger partial charge in [-0.3, -0.25) is 0 Å². The van der Waals surface area contributed by atoms with Crippen LogP contribution >= 0.6 is 11.3 Å². The number of hydrogen-bond acceptors (Lipinski definition) is 6. The van der Waals surface area contributed by atoms with Crippen molar-refractivity contribution in [2.75, 3.05) is 0 Å². The maximum Gasteiger partial charge on any atom is 0.534 e. The van der Waals surface area contributed by atoms with E-state index in [1.165, 1.54) is 10.8 Å². The zero-order valence-corrected chi connectivity index (χ0v) is 11.0. The van der Waals surface area contributed by atoms with Crippen LogP contribution in [0.2, 0.25) is 0 Å². The number of thiophene rings is 1. The van der Waals surface area contributed by atoms with Gasteiger partial charge in [-0.05, 0) is 0 Å². The highest BCUT2D eigenvalue weighted by Gasteiger charge is 2.50. The van der Waals surface area contributed by atoms with E-state index in [9.17, 15) is 34.8 Å². The first-order chi connectivity index (χ1) is 9.42. The van der Waals surface area contributed by atoms with E-state index in [0.717, 1.165) is 11.3 Å². The lowest BCUT2D eigenvalue weighted by Gasteiger charge is -2.13. The van der Waals surface area contributed by atoms with Crippen molar-refractivity contribution < 1.29 is 38.9 Å². The zero-order chi connectivity index (χ0) is 16.1. The molecule has 0 amide bonds. The van der Waals surface area contributed by atoms with Crippen LogP contribution in [0.4, 0.5) is 26.3 Å². The van der Waals surface area contributed by atoms with Gasteiger partial charge < -0.3 is 4.18 Å². The number of alkyl halides is 6. The minimum absolute atomic E-state index is 0.222. The Balaban J connectivity index is 2.62. The second kappa shape index (κ2) is 4.69. The van der Waals surface area contributed by atoms with E-state index in [2.05, 4.69) is 14.2 Å². The molecule has 2 aromatic rings. The number of hydrogen-bond donors (Lipinski definition) is 0. The van der Waals surface area contributed by atoms with Gasteiger partial charge >= 0.3 is 21.8 Å². The number of halogens is 6. The van der Waals surface area contributed by atoms with Crippen LogP contribution in [-0.4, -0.2) is 23.9 Å². The molecule has 2 rings (SSSR count). The first-order valence-electron chi connectivity index (χ1n) is 4.74. The average molecular weight is 352 g/mol. The molecule has 0 spiro atoms. The zero-order valence-electron chi connectivity index (χ0n) is 9.36. The Morgan fingerprint density at radius 1 is 1.00 bits per heavy atom. The van der Waals surface area contributed by atoms with Crippen molar-refractivity contribution in [3.8, 4) is 5.88 Å². The molecule has 0 bridgehead atoms. The predicted octanol–water partition coefficient (Wildman–Crippen LogP) is 2.94. The van der Waals surface area contributed by atoms with Gasteiger partial charge in [-0.2, -0.15) is 34.8 Å². The van der Waals surface area contributed by atoms with Crippen LogP contribution in [0.3, 0.4) is 0 Å². The molecule has 0 N–H and O–H groups in total. The van der Waals surface area contributed by atoms with Crippen LogP contribution in [0.1, 0.15) is 5.69 Å². The quantitative estimate of drug-likeness (QED) is 0.472. The van der Waals surface area contributed by atoms with E-state index in [1.807, 2.05) is 0 Å². The number of nitrogens with zero attached hydrogens (tertiary/aromatic N) is 2. The second-order valence-corrected chi connectivity index (χ2v) is 5.78. The van der Waals surface area contributed by atoms with E-state index >= 15 is 0 Å². The molecule has 5 nitrogen and oxygen atoms in total. The van der Waals surface area contributed by atoms with Gasteiger partial charge in [-0.1, -0.05) is 0 Å². The lowest BCUT2D eigenvalue weighted by Crippen LogP contribution is -2.29. The van der Waals surface area contributed by atoms with Crippen molar-refractivity contribution in [3.05, 3.63) is 16.5 Å². The smallest absolute Gasteiger partial charge is 0.353 e. The topological polar surface area (TPSA) is 69.2 Å². The third-order valence-corrected chi connectivity index (χ3v) is 3.68. The van der Waals surface area contributed by atoms with Gasteiger partial charge in [0.05, 0.1) is 0 Å². The highest BCUT2D eigenvalue weighted by atomic mass is 32.2. The summed E-state index contributed by atoms with van der Waals surface area (Å²) in [4.78, 5) is 6.17.